The van der Waals surface area contributed by atoms with E-state index in [4.69, 9.17) is 5.73 Å². The largest absolute Gasteiger partial charge is 0.325 e. The average Bonchev–Trinajstić information content (AvgIpc) is 2.39. The van der Waals surface area contributed by atoms with Gasteiger partial charge in [0.15, 0.2) is 0 Å². The van der Waals surface area contributed by atoms with Crippen molar-refractivity contribution in [3.63, 3.8) is 0 Å². The zero-order valence-electron chi connectivity index (χ0n) is 10.9. The molecular weight excluding hydrogens is 226 g/mol. The lowest BCUT2D eigenvalue weighted by molar-refractivity contribution is -0.119. The summed E-state index contributed by atoms with van der Waals surface area (Å²) in [6.07, 6.45) is 9.27. The highest BCUT2D eigenvalue weighted by Gasteiger charge is 2.31. The summed E-state index contributed by atoms with van der Waals surface area (Å²) in [5.41, 5.74) is 6.89. The van der Waals surface area contributed by atoms with Crippen LogP contribution in [-0.4, -0.2) is 23.5 Å². The maximum Gasteiger partial charge on any atom is 0.228 e. The summed E-state index contributed by atoms with van der Waals surface area (Å²) in [5.74, 6) is 0.0885. The average molecular weight is 247 g/mol. The summed E-state index contributed by atoms with van der Waals surface area (Å²) in [6, 6.07) is 3.67. The van der Waals surface area contributed by atoms with E-state index in [1.807, 2.05) is 12.1 Å². The second-order valence-electron chi connectivity index (χ2n) is 5.26. The summed E-state index contributed by atoms with van der Waals surface area (Å²) in [5, 5.41) is 0. The number of hydrogen-bond donors (Lipinski definition) is 1. The second kappa shape index (κ2) is 5.48. The van der Waals surface area contributed by atoms with E-state index < -0.39 is 0 Å². The Balaban J connectivity index is 1.99. The number of nitrogens with two attached hydrogens (primary N) is 1. The van der Waals surface area contributed by atoms with Crippen molar-refractivity contribution >= 4 is 11.6 Å². The van der Waals surface area contributed by atoms with Crippen LogP contribution in [-0.2, 0) is 4.79 Å². The molecule has 0 bridgehead atoms. The van der Waals surface area contributed by atoms with Crippen molar-refractivity contribution < 1.29 is 4.79 Å². The molecule has 0 atom stereocenters. The molecule has 0 aromatic carbocycles. The molecule has 18 heavy (non-hydrogen) atoms. The van der Waals surface area contributed by atoms with Crippen molar-refractivity contribution in [2.24, 2.45) is 5.73 Å². The molecule has 1 saturated carbocycles. The molecular formula is C14H21N3O. The SMILES string of the molecule is CN(C(=O)CC1(N)CCCCC1)c1ccncc1. The number of rotatable bonds is 3. The molecule has 1 amide bonds. The van der Waals surface area contributed by atoms with E-state index in [-0.39, 0.29) is 11.4 Å². The number of nitrogens with zero attached hydrogens (tertiary/aromatic N) is 2. The van der Waals surface area contributed by atoms with Gasteiger partial charge in [0.05, 0.1) is 0 Å². The van der Waals surface area contributed by atoms with Crippen LogP contribution in [0.4, 0.5) is 5.69 Å². The van der Waals surface area contributed by atoms with Crippen LogP contribution in [0.1, 0.15) is 38.5 Å². The molecule has 1 aliphatic rings. The normalized spacial score (nSPS) is 18.3. The molecule has 98 valence electrons. The number of hydrogen-bond acceptors (Lipinski definition) is 3. The van der Waals surface area contributed by atoms with E-state index in [2.05, 4.69) is 4.98 Å². The number of amides is 1. The number of carbonyl (C=O) groups is 1. The van der Waals surface area contributed by atoms with Gasteiger partial charge in [-0.05, 0) is 25.0 Å². The predicted octanol–water partition coefficient (Wildman–Crippen LogP) is 2.10. The van der Waals surface area contributed by atoms with Crippen LogP contribution in [0, 0.1) is 0 Å². The number of pyridine rings is 1. The Morgan fingerprint density at radius 1 is 1.33 bits per heavy atom. The number of carbonyl (C=O) groups excluding carboxylic acids is 1. The highest BCUT2D eigenvalue weighted by Crippen LogP contribution is 2.29. The minimum Gasteiger partial charge on any atom is -0.325 e. The van der Waals surface area contributed by atoms with Gasteiger partial charge in [0.25, 0.3) is 0 Å². The number of aromatic nitrogens is 1. The smallest absolute Gasteiger partial charge is 0.228 e. The Bertz CT molecular complexity index is 399. The lowest BCUT2D eigenvalue weighted by Crippen LogP contribution is -2.46. The molecule has 1 fully saturated rings. The van der Waals surface area contributed by atoms with Crippen LogP contribution >= 0.6 is 0 Å². The monoisotopic (exact) mass is 247 g/mol. The van der Waals surface area contributed by atoms with Crippen molar-refractivity contribution in [3.05, 3.63) is 24.5 Å². The summed E-state index contributed by atoms with van der Waals surface area (Å²) >= 11 is 0. The van der Waals surface area contributed by atoms with Crippen molar-refractivity contribution in [2.45, 2.75) is 44.1 Å². The zero-order chi connectivity index (χ0) is 13.0. The lowest BCUT2D eigenvalue weighted by atomic mass is 9.80. The van der Waals surface area contributed by atoms with E-state index in [9.17, 15) is 4.79 Å². The fourth-order valence-electron chi connectivity index (χ4n) is 2.56. The van der Waals surface area contributed by atoms with E-state index >= 15 is 0 Å². The van der Waals surface area contributed by atoms with Crippen LogP contribution in [0.25, 0.3) is 0 Å². The standard InChI is InChI=1S/C14H21N3O/c1-17(12-5-9-16-10-6-12)13(18)11-14(15)7-3-2-4-8-14/h5-6,9-10H,2-4,7-8,11,15H2,1H3. The summed E-state index contributed by atoms with van der Waals surface area (Å²) in [7, 11) is 1.80. The second-order valence-corrected chi connectivity index (χ2v) is 5.26. The fourth-order valence-corrected chi connectivity index (χ4v) is 2.56. The molecule has 0 spiro atoms. The van der Waals surface area contributed by atoms with Gasteiger partial charge in [0.1, 0.15) is 0 Å². The van der Waals surface area contributed by atoms with Crippen molar-refractivity contribution in [1.82, 2.24) is 4.98 Å². The van der Waals surface area contributed by atoms with Crippen LogP contribution in [0.2, 0.25) is 0 Å². The third-order valence-electron chi connectivity index (χ3n) is 3.78. The zero-order valence-corrected chi connectivity index (χ0v) is 10.9. The Hall–Kier alpha value is -1.42. The van der Waals surface area contributed by atoms with Crippen LogP contribution in [0.15, 0.2) is 24.5 Å². The molecule has 1 heterocycles. The maximum absolute atomic E-state index is 12.2. The van der Waals surface area contributed by atoms with Crippen LogP contribution in [0.5, 0.6) is 0 Å². The molecule has 4 nitrogen and oxygen atoms in total. The third-order valence-corrected chi connectivity index (χ3v) is 3.78. The van der Waals surface area contributed by atoms with Gasteiger partial charge in [0.2, 0.25) is 5.91 Å². The van der Waals surface area contributed by atoms with E-state index in [0.717, 1.165) is 31.4 Å². The molecule has 2 N–H and O–H groups in total. The van der Waals surface area contributed by atoms with Gasteiger partial charge in [-0.2, -0.15) is 0 Å². The van der Waals surface area contributed by atoms with E-state index in [1.54, 1.807) is 24.3 Å². The summed E-state index contributed by atoms with van der Waals surface area (Å²) in [6.45, 7) is 0. The van der Waals surface area contributed by atoms with Crippen molar-refractivity contribution in [2.75, 3.05) is 11.9 Å². The predicted molar refractivity (Wildman–Crippen MR) is 72.3 cm³/mol. The minimum atomic E-state index is -0.295. The number of anilines is 1. The maximum atomic E-state index is 12.2. The first kappa shape index (κ1) is 13.0. The Labute approximate surface area is 108 Å². The molecule has 0 aliphatic heterocycles. The van der Waals surface area contributed by atoms with Gasteiger partial charge < -0.3 is 10.6 Å². The molecule has 4 heteroatoms. The van der Waals surface area contributed by atoms with Gasteiger partial charge in [-0.1, -0.05) is 19.3 Å². The van der Waals surface area contributed by atoms with E-state index in [0.29, 0.717) is 6.42 Å². The molecule has 1 aliphatic carbocycles. The third kappa shape index (κ3) is 3.07. The Morgan fingerprint density at radius 2 is 1.94 bits per heavy atom. The molecule has 0 unspecified atom stereocenters. The van der Waals surface area contributed by atoms with Crippen molar-refractivity contribution in [1.29, 1.82) is 0 Å². The highest BCUT2D eigenvalue weighted by molar-refractivity contribution is 5.93. The Morgan fingerprint density at radius 3 is 2.56 bits per heavy atom. The van der Waals surface area contributed by atoms with Crippen LogP contribution in [0.3, 0.4) is 0 Å². The minimum absolute atomic E-state index is 0.0885. The Kier molecular flexibility index (Phi) is 3.97. The first-order chi connectivity index (χ1) is 8.61. The molecule has 1 aromatic heterocycles. The van der Waals surface area contributed by atoms with Gasteiger partial charge in [-0.3, -0.25) is 9.78 Å². The van der Waals surface area contributed by atoms with Gasteiger partial charge in [0, 0.05) is 37.1 Å². The quantitative estimate of drug-likeness (QED) is 0.889. The van der Waals surface area contributed by atoms with Crippen molar-refractivity contribution in [3.8, 4) is 0 Å². The lowest BCUT2D eigenvalue weighted by Gasteiger charge is -2.34. The van der Waals surface area contributed by atoms with Gasteiger partial charge in [-0.15, -0.1) is 0 Å². The topological polar surface area (TPSA) is 59.2 Å². The fraction of sp³-hybridized carbons (Fsp3) is 0.571. The molecule has 0 radical (unpaired) electrons. The first-order valence-corrected chi connectivity index (χ1v) is 6.56. The van der Waals surface area contributed by atoms with Crippen LogP contribution < -0.4 is 10.6 Å². The highest BCUT2D eigenvalue weighted by atomic mass is 16.2. The molecule has 0 saturated heterocycles. The first-order valence-electron chi connectivity index (χ1n) is 6.56. The van der Waals surface area contributed by atoms with E-state index in [1.165, 1.54) is 6.42 Å². The summed E-state index contributed by atoms with van der Waals surface area (Å²) < 4.78 is 0. The van der Waals surface area contributed by atoms with Gasteiger partial charge >= 0.3 is 0 Å². The van der Waals surface area contributed by atoms with Gasteiger partial charge in [-0.25, -0.2) is 0 Å². The summed E-state index contributed by atoms with van der Waals surface area (Å²) in [4.78, 5) is 17.9. The molecule has 2 rings (SSSR count). The molecule has 1 aromatic rings.